The highest BCUT2D eigenvalue weighted by atomic mass is 127. The number of aliphatic imine (C=N–C) groups is 1. The molecular weight excluding hydrogens is 473 g/mol. The van der Waals surface area contributed by atoms with E-state index in [4.69, 9.17) is 0 Å². The number of benzene rings is 1. The molecule has 4 nitrogen and oxygen atoms in total. The molecule has 1 heterocycles. The van der Waals surface area contributed by atoms with Crippen LogP contribution in [0.15, 0.2) is 23.2 Å². The van der Waals surface area contributed by atoms with E-state index in [9.17, 15) is 8.78 Å². The zero-order valence-electron chi connectivity index (χ0n) is 16.7. The summed E-state index contributed by atoms with van der Waals surface area (Å²) in [5, 5.41) is 6.79. The van der Waals surface area contributed by atoms with Gasteiger partial charge >= 0.3 is 0 Å². The third kappa shape index (κ3) is 6.83. The van der Waals surface area contributed by atoms with Crippen molar-refractivity contribution in [3.63, 3.8) is 0 Å². The first-order chi connectivity index (χ1) is 13.2. The van der Waals surface area contributed by atoms with E-state index in [-0.39, 0.29) is 29.8 Å². The fraction of sp³-hybridized carbons (Fsp3) is 0.667. The summed E-state index contributed by atoms with van der Waals surface area (Å²) >= 11 is 0. The van der Waals surface area contributed by atoms with Crippen molar-refractivity contribution in [2.24, 2.45) is 4.99 Å². The molecule has 7 heteroatoms. The molecule has 2 fully saturated rings. The minimum absolute atomic E-state index is 0. The molecule has 0 amide bonds. The second-order valence-corrected chi connectivity index (χ2v) is 7.64. The van der Waals surface area contributed by atoms with Gasteiger partial charge in [-0.1, -0.05) is 12.8 Å². The van der Waals surface area contributed by atoms with Crippen molar-refractivity contribution >= 4 is 29.9 Å². The molecule has 2 aliphatic rings. The lowest BCUT2D eigenvalue weighted by molar-refractivity contribution is 0.150. The first-order valence-electron chi connectivity index (χ1n) is 10.4. The molecule has 0 atom stereocenters. The Morgan fingerprint density at radius 3 is 2.54 bits per heavy atom. The highest BCUT2D eigenvalue weighted by Crippen LogP contribution is 2.26. The van der Waals surface area contributed by atoms with Gasteiger partial charge in [0, 0.05) is 38.3 Å². The lowest BCUT2D eigenvalue weighted by Gasteiger charge is -2.36. The third-order valence-corrected chi connectivity index (χ3v) is 5.71. The summed E-state index contributed by atoms with van der Waals surface area (Å²) in [6.07, 6.45) is 8.12. The minimum atomic E-state index is -0.408. The molecule has 1 aromatic rings. The number of hydrogen-bond acceptors (Lipinski definition) is 2. The van der Waals surface area contributed by atoms with Crippen LogP contribution in [0.2, 0.25) is 0 Å². The van der Waals surface area contributed by atoms with E-state index in [1.165, 1.54) is 37.8 Å². The third-order valence-electron chi connectivity index (χ3n) is 5.71. The first kappa shape index (κ1) is 23.3. The molecule has 1 aliphatic heterocycles. The quantitative estimate of drug-likeness (QED) is 0.347. The molecule has 0 bridgehead atoms. The summed E-state index contributed by atoms with van der Waals surface area (Å²) < 4.78 is 27.0. The fourth-order valence-corrected chi connectivity index (χ4v) is 4.21. The minimum Gasteiger partial charge on any atom is -0.357 e. The number of nitrogens with one attached hydrogen (secondary N) is 2. The van der Waals surface area contributed by atoms with Gasteiger partial charge in [-0.05, 0) is 62.8 Å². The average Bonchev–Trinajstić information content (AvgIpc) is 3.20. The molecule has 0 radical (unpaired) electrons. The van der Waals surface area contributed by atoms with Crippen LogP contribution in [0.25, 0.3) is 0 Å². The van der Waals surface area contributed by atoms with Crippen molar-refractivity contribution in [3.05, 3.63) is 35.4 Å². The molecule has 1 saturated heterocycles. The largest absolute Gasteiger partial charge is 0.357 e. The van der Waals surface area contributed by atoms with Crippen molar-refractivity contribution in [2.75, 3.05) is 26.2 Å². The van der Waals surface area contributed by atoms with E-state index < -0.39 is 5.82 Å². The number of piperidine rings is 1. The Hall–Kier alpha value is -0.960. The van der Waals surface area contributed by atoms with Gasteiger partial charge in [-0.15, -0.1) is 24.0 Å². The Morgan fingerprint density at radius 1 is 1.14 bits per heavy atom. The van der Waals surface area contributed by atoms with Crippen molar-refractivity contribution < 1.29 is 8.78 Å². The number of halogens is 3. The van der Waals surface area contributed by atoms with E-state index in [0.29, 0.717) is 24.6 Å². The Bertz CT molecular complexity index is 627. The van der Waals surface area contributed by atoms with Crippen LogP contribution in [0, 0.1) is 11.6 Å². The van der Waals surface area contributed by atoms with E-state index in [2.05, 4.69) is 20.5 Å². The second kappa shape index (κ2) is 11.9. The van der Waals surface area contributed by atoms with Gasteiger partial charge in [-0.3, -0.25) is 4.99 Å². The van der Waals surface area contributed by atoms with E-state index in [1.807, 2.05) is 6.92 Å². The van der Waals surface area contributed by atoms with Crippen molar-refractivity contribution in [1.29, 1.82) is 0 Å². The maximum Gasteiger partial charge on any atom is 0.191 e. The molecular formula is C21H33F2IN4. The average molecular weight is 506 g/mol. The highest BCUT2D eigenvalue weighted by Gasteiger charge is 2.27. The van der Waals surface area contributed by atoms with Crippen LogP contribution in [0.1, 0.15) is 51.0 Å². The summed E-state index contributed by atoms with van der Waals surface area (Å²) in [5.74, 6) is -0.00749. The van der Waals surface area contributed by atoms with Crippen LogP contribution >= 0.6 is 24.0 Å². The molecule has 1 saturated carbocycles. The normalized spacial score (nSPS) is 19.5. The Labute approximate surface area is 184 Å². The van der Waals surface area contributed by atoms with E-state index >= 15 is 0 Å². The standard InChI is InChI=1S/C21H32F2N4.HI/c1-2-24-21(25-12-9-16-15-17(22)7-8-20(16)23)26-18-10-13-27(14-11-18)19-5-3-4-6-19;/h7-8,15,18-19H,2-6,9-14H2,1H3,(H2,24,25,26);1H. The van der Waals surface area contributed by atoms with Gasteiger partial charge in [0.1, 0.15) is 11.6 Å². The lowest BCUT2D eigenvalue weighted by Crippen LogP contribution is -2.50. The first-order valence-corrected chi connectivity index (χ1v) is 10.4. The highest BCUT2D eigenvalue weighted by molar-refractivity contribution is 14.0. The number of rotatable bonds is 6. The van der Waals surface area contributed by atoms with Gasteiger partial charge in [0.15, 0.2) is 5.96 Å². The Balaban J connectivity index is 0.00000280. The predicted octanol–water partition coefficient (Wildman–Crippen LogP) is 4.09. The zero-order valence-corrected chi connectivity index (χ0v) is 19.1. The van der Waals surface area contributed by atoms with Gasteiger partial charge in [-0.25, -0.2) is 8.78 Å². The van der Waals surface area contributed by atoms with Crippen LogP contribution in [-0.4, -0.2) is 49.1 Å². The topological polar surface area (TPSA) is 39.7 Å². The Morgan fingerprint density at radius 2 is 1.86 bits per heavy atom. The molecule has 158 valence electrons. The summed E-state index contributed by atoms with van der Waals surface area (Å²) in [4.78, 5) is 7.22. The second-order valence-electron chi connectivity index (χ2n) is 7.64. The fourth-order valence-electron chi connectivity index (χ4n) is 4.21. The number of nitrogens with zero attached hydrogens (tertiary/aromatic N) is 2. The van der Waals surface area contributed by atoms with Crippen molar-refractivity contribution in [1.82, 2.24) is 15.5 Å². The smallest absolute Gasteiger partial charge is 0.191 e. The maximum absolute atomic E-state index is 13.7. The van der Waals surface area contributed by atoms with Crippen molar-refractivity contribution in [2.45, 2.75) is 64.0 Å². The van der Waals surface area contributed by atoms with E-state index in [0.717, 1.165) is 50.5 Å². The van der Waals surface area contributed by atoms with Crippen LogP contribution in [0.3, 0.4) is 0 Å². The monoisotopic (exact) mass is 506 g/mol. The van der Waals surface area contributed by atoms with Gasteiger partial charge in [0.25, 0.3) is 0 Å². The SMILES string of the molecule is CCNC(=NCCc1cc(F)ccc1F)NC1CCN(C2CCCC2)CC1.I. The van der Waals surface area contributed by atoms with Crippen LogP contribution in [0.4, 0.5) is 8.78 Å². The molecule has 2 N–H and O–H groups in total. The maximum atomic E-state index is 13.7. The number of hydrogen-bond donors (Lipinski definition) is 2. The van der Waals surface area contributed by atoms with E-state index in [1.54, 1.807) is 0 Å². The lowest BCUT2D eigenvalue weighted by atomic mass is 10.0. The number of likely N-dealkylation sites (tertiary alicyclic amines) is 1. The molecule has 3 rings (SSSR count). The van der Waals surface area contributed by atoms with Crippen LogP contribution in [0.5, 0.6) is 0 Å². The molecule has 28 heavy (non-hydrogen) atoms. The molecule has 0 spiro atoms. The summed E-state index contributed by atoms with van der Waals surface area (Å²) in [5.41, 5.74) is 0.375. The molecule has 1 aliphatic carbocycles. The van der Waals surface area contributed by atoms with Crippen LogP contribution < -0.4 is 10.6 Å². The molecule has 0 aromatic heterocycles. The predicted molar refractivity (Wildman–Crippen MR) is 121 cm³/mol. The van der Waals surface area contributed by atoms with Crippen LogP contribution in [-0.2, 0) is 6.42 Å². The van der Waals surface area contributed by atoms with Gasteiger partial charge in [0.05, 0.1) is 0 Å². The summed E-state index contributed by atoms with van der Waals surface area (Å²) in [6.45, 7) is 5.54. The molecule has 1 aromatic carbocycles. The number of guanidine groups is 1. The van der Waals surface area contributed by atoms with Gasteiger partial charge < -0.3 is 15.5 Å². The summed E-state index contributed by atoms with van der Waals surface area (Å²) in [6, 6.07) is 4.80. The summed E-state index contributed by atoms with van der Waals surface area (Å²) in [7, 11) is 0. The Kier molecular flexibility index (Phi) is 9.91. The van der Waals surface area contributed by atoms with Crippen molar-refractivity contribution in [3.8, 4) is 0 Å². The zero-order chi connectivity index (χ0) is 19.1. The molecule has 0 unspecified atom stereocenters. The van der Waals surface area contributed by atoms with Gasteiger partial charge in [0.2, 0.25) is 0 Å². The van der Waals surface area contributed by atoms with Gasteiger partial charge in [-0.2, -0.15) is 0 Å².